The van der Waals surface area contributed by atoms with E-state index in [1.54, 1.807) is 18.2 Å². The molecule has 1 saturated heterocycles. The Bertz CT molecular complexity index is 694. The van der Waals surface area contributed by atoms with E-state index in [1.807, 2.05) is 26.1 Å². The summed E-state index contributed by atoms with van der Waals surface area (Å²) in [4.78, 5) is 2.10. The Morgan fingerprint density at radius 3 is 2.83 bits per heavy atom. The summed E-state index contributed by atoms with van der Waals surface area (Å²) in [6, 6.07) is 8.59. The van der Waals surface area contributed by atoms with E-state index in [0.29, 0.717) is 30.0 Å². The van der Waals surface area contributed by atoms with E-state index in [9.17, 15) is 9.50 Å². The summed E-state index contributed by atoms with van der Waals surface area (Å²) in [6.07, 6.45) is -0.359. The standard InChI is InChI=1S/C17H21FN4O/c1-11-9-16(19-14-10-22(2)8-7-13(14)18)20-21-17(11)12-5-3-4-6-15(12)23/h3-6,9,13-14,23H,7-8,10H2,1-2H3,(H,19,20)/t13-,14+/m1/s1. The number of phenols is 1. The molecule has 1 aliphatic heterocycles. The molecule has 1 fully saturated rings. The summed E-state index contributed by atoms with van der Waals surface area (Å²) < 4.78 is 14.0. The van der Waals surface area contributed by atoms with Crippen LogP contribution in [0.2, 0.25) is 0 Å². The van der Waals surface area contributed by atoms with Crippen molar-refractivity contribution < 1.29 is 9.50 Å². The molecule has 5 nitrogen and oxygen atoms in total. The lowest BCUT2D eigenvalue weighted by molar-refractivity contribution is 0.157. The second-order valence-electron chi connectivity index (χ2n) is 6.10. The van der Waals surface area contributed by atoms with Crippen LogP contribution in [0, 0.1) is 6.92 Å². The number of phenolic OH excluding ortho intramolecular Hbond substituents is 1. The number of halogens is 1. The van der Waals surface area contributed by atoms with Gasteiger partial charge in [0.25, 0.3) is 0 Å². The molecule has 0 radical (unpaired) electrons. The van der Waals surface area contributed by atoms with E-state index in [2.05, 4.69) is 20.4 Å². The molecule has 1 aromatic heterocycles. The van der Waals surface area contributed by atoms with Crippen molar-refractivity contribution in [2.45, 2.75) is 25.6 Å². The molecule has 2 heterocycles. The summed E-state index contributed by atoms with van der Waals surface area (Å²) in [6.45, 7) is 3.32. The van der Waals surface area contributed by atoms with E-state index in [4.69, 9.17) is 0 Å². The lowest BCUT2D eigenvalue weighted by Gasteiger charge is -2.33. The van der Waals surface area contributed by atoms with Crippen LogP contribution in [0.4, 0.5) is 10.2 Å². The van der Waals surface area contributed by atoms with Crippen LogP contribution in [0.25, 0.3) is 11.3 Å². The first-order valence-electron chi connectivity index (χ1n) is 7.76. The maximum Gasteiger partial charge on any atom is 0.149 e. The number of aryl methyl sites for hydroxylation is 1. The molecular weight excluding hydrogens is 295 g/mol. The van der Waals surface area contributed by atoms with Gasteiger partial charge < -0.3 is 15.3 Å². The Hall–Kier alpha value is -2.21. The van der Waals surface area contributed by atoms with E-state index >= 15 is 0 Å². The minimum atomic E-state index is -0.883. The monoisotopic (exact) mass is 316 g/mol. The van der Waals surface area contributed by atoms with Gasteiger partial charge in [-0.3, -0.25) is 0 Å². The third-order valence-electron chi connectivity index (χ3n) is 4.21. The minimum absolute atomic E-state index is 0.170. The number of likely N-dealkylation sites (tertiary alicyclic amines) is 1. The maximum atomic E-state index is 14.0. The molecule has 0 saturated carbocycles. The average Bonchev–Trinajstić information content (AvgIpc) is 2.52. The van der Waals surface area contributed by atoms with Gasteiger partial charge in [-0.2, -0.15) is 0 Å². The van der Waals surface area contributed by atoms with Crippen LogP contribution in [-0.4, -0.2) is 52.6 Å². The van der Waals surface area contributed by atoms with E-state index in [0.717, 1.165) is 12.1 Å². The molecule has 1 aliphatic rings. The van der Waals surface area contributed by atoms with Crippen molar-refractivity contribution in [3.63, 3.8) is 0 Å². The number of alkyl halides is 1. The number of benzene rings is 1. The van der Waals surface area contributed by atoms with Gasteiger partial charge in [-0.25, -0.2) is 4.39 Å². The zero-order valence-corrected chi connectivity index (χ0v) is 13.3. The number of aromatic nitrogens is 2. The van der Waals surface area contributed by atoms with Crippen molar-refractivity contribution in [1.29, 1.82) is 0 Å². The van der Waals surface area contributed by atoms with Gasteiger partial charge >= 0.3 is 0 Å². The third kappa shape index (κ3) is 3.42. The van der Waals surface area contributed by atoms with Crippen molar-refractivity contribution >= 4 is 5.82 Å². The quantitative estimate of drug-likeness (QED) is 0.911. The molecule has 23 heavy (non-hydrogen) atoms. The van der Waals surface area contributed by atoms with Crippen LogP contribution < -0.4 is 5.32 Å². The molecule has 0 amide bonds. The van der Waals surface area contributed by atoms with Crippen molar-refractivity contribution in [2.75, 3.05) is 25.5 Å². The number of piperidine rings is 1. The smallest absolute Gasteiger partial charge is 0.149 e. The van der Waals surface area contributed by atoms with Crippen molar-refractivity contribution in [1.82, 2.24) is 15.1 Å². The molecule has 2 N–H and O–H groups in total. The second-order valence-corrected chi connectivity index (χ2v) is 6.10. The fourth-order valence-corrected chi connectivity index (χ4v) is 2.91. The fourth-order valence-electron chi connectivity index (χ4n) is 2.91. The van der Waals surface area contributed by atoms with Crippen LogP contribution in [0.5, 0.6) is 5.75 Å². The van der Waals surface area contributed by atoms with E-state index < -0.39 is 6.17 Å². The van der Waals surface area contributed by atoms with Gasteiger partial charge in [0.05, 0.1) is 11.7 Å². The number of anilines is 1. The predicted molar refractivity (Wildman–Crippen MR) is 88.3 cm³/mol. The second kappa shape index (κ2) is 6.50. The van der Waals surface area contributed by atoms with Gasteiger partial charge in [0, 0.05) is 18.7 Å². The van der Waals surface area contributed by atoms with Crippen molar-refractivity contribution in [3.05, 3.63) is 35.9 Å². The van der Waals surface area contributed by atoms with Gasteiger partial charge in [-0.05, 0) is 44.2 Å². The van der Waals surface area contributed by atoms with Crippen LogP contribution in [0.1, 0.15) is 12.0 Å². The normalized spacial score (nSPS) is 22.0. The first kappa shape index (κ1) is 15.7. The summed E-state index contributed by atoms with van der Waals surface area (Å²) in [5.41, 5.74) is 2.15. The number of aromatic hydroxyl groups is 1. The van der Waals surface area contributed by atoms with Crippen LogP contribution in [0.3, 0.4) is 0 Å². The summed E-state index contributed by atoms with van der Waals surface area (Å²) in [5, 5.41) is 21.5. The Morgan fingerprint density at radius 2 is 2.09 bits per heavy atom. The minimum Gasteiger partial charge on any atom is -0.507 e. The molecular formula is C17H21FN4O. The number of rotatable bonds is 3. The number of hydrogen-bond acceptors (Lipinski definition) is 5. The average molecular weight is 316 g/mol. The number of nitrogens with one attached hydrogen (secondary N) is 1. The highest BCUT2D eigenvalue weighted by molar-refractivity contribution is 5.69. The zero-order valence-electron chi connectivity index (χ0n) is 13.3. The van der Waals surface area contributed by atoms with E-state index in [1.165, 1.54) is 0 Å². The van der Waals surface area contributed by atoms with Gasteiger partial charge in [0.15, 0.2) is 0 Å². The molecule has 0 aliphatic carbocycles. The molecule has 2 atom stereocenters. The summed E-state index contributed by atoms with van der Waals surface area (Å²) in [7, 11) is 1.98. The Labute approximate surface area is 135 Å². The maximum absolute atomic E-state index is 14.0. The SMILES string of the molecule is Cc1cc(N[C@H]2CN(C)CC[C@H]2F)nnc1-c1ccccc1O. The largest absolute Gasteiger partial charge is 0.507 e. The lowest BCUT2D eigenvalue weighted by atomic mass is 10.0. The highest BCUT2D eigenvalue weighted by Gasteiger charge is 2.27. The fraction of sp³-hybridized carbons (Fsp3) is 0.412. The number of nitrogens with zero attached hydrogens (tertiary/aromatic N) is 3. The first-order valence-corrected chi connectivity index (χ1v) is 7.76. The number of hydrogen-bond donors (Lipinski definition) is 2. The third-order valence-corrected chi connectivity index (χ3v) is 4.21. The Balaban J connectivity index is 1.81. The van der Waals surface area contributed by atoms with E-state index in [-0.39, 0.29) is 11.8 Å². The molecule has 0 unspecified atom stereocenters. The summed E-state index contributed by atoms with van der Waals surface area (Å²) >= 11 is 0. The molecule has 122 valence electrons. The van der Waals surface area contributed by atoms with Crippen LogP contribution in [-0.2, 0) is 0 Å². The number of likely N-dealkylation sites (N-methyl/N-ethyl adjacent to an activating group) is 1. The molecule has 3 rings (SSSR count). The summed E-state index contributed by atoms with van der Waals surface area (Å²) in [5.74, 6) is 0.730. The highest BCUT2D eigenvalue weighted by Crippen LogP contribution is 2.29. The van der Waals surface area contributed by atoms with Crippen molar-refractivity contribution in [3.8, 4) is 17.0 Å². The van der Waals surface area contributed by atoms with Crippen LogP contribution >= 0.6 is 0 Å². The van der Waals surface area contributed by atoms with Crippen LogP contribution in [0.15, 0.2) is 30.3 Å². The Kier molecular flexibility index (Phi) is 4.43. The molecule has 0 spiro atoms. The molecule has 6 heteroatoms. The lowest BCUT2D eigenvalue weighted by Crippen LogP contribution is -2.47. The Morgan fingerprint density at radius 1 is 1.30 bits per heavy atom. The highest BCUT2D eigenvalue weighted by atomic mass is 19.1. The van der Waals surface area contributed by atoms with Crippen molar-refractivity contribution in [2.24, 2.45) is 0 Å². The molecule has 0 bridgehead atoms. The first-order chi connectivity index (χ1) is 11.0. The molecule has 1 aromatic carbocycles. The molecule has 2 aromatic rings. The zero-order chi connectivity index (χ0) is 16.4. The number of para-hydroxylation sites is 1. The van der Waals surface area contributed by atoms with Gasteiger partial charge in [-0.15, -0.1) is 10.2 Å². The van der Waals surface area contributed by atoms with Gasteiger partial charge in [0.1, 0.15) is 17.7 Å². The predicted octanol–water partition coefficient (Wildman–Crippen LogP) is 2.61. The van der Waals surface area contributed by atoms with Gasteiger partial charge in [-0.1, -0.05) is 12.1 Å². The van der Waals surface area contributed by atoms with Gasteiger partial charge in [0.2, 0.25) is 0 Å². The topological polar surface area (TPSA) is 61.3 Å².